The Kier molecular flexibility index (Phi) is 6.67. The molecule has 0 aromatic heterocycles. The fourth-order valence-electron chi connectivity index (χ4n) is 4.09. The fourth-order valence-corrected chi connectivity index (χ4v) is 4.09. The van der Waals surface area contributed by atoms with Crippen molar-refractivity contribution in [2.75, 3.05) is 33.3 Å². The zero-order valence-electron chi connectivity index (χ0n) is 15.8. The van der Waals surface area contributed by atoms with Gasteiger partial charge in [0.05, 0.1) is 6.61 Å². The van der Waals surface area contributed by atoms with E-state index in [-0.39, 0.29) is 11.8 Å². The minimum absolute atomic E-state index is 0.0426. The standard InChI is InChI=1S/C21H30N2O3/c1-26-16-18-7-4-8-19(15-18)21(25)23-13-11-22(12-14-23)20(24)10-9-17-5-2-3-6-17/h4,7-8,15,17H,2-3,5-6,9-14,16H2,1H3. The van der Waals surface area contributed by atoms with Crippen LogP contribution in [0.3, 0.4) is 0 Å². The molecule has 1 aliphatic carbocycles. The summed E-state index contributed by atoms with van der Waals surface area (Å²) >= 11 is 0. The number of benzene rings is 1. The number of rotatable bonds is 6. The van der Waals surface area contributed by atoms with Gasteiger partial charge in [0, 0.05) is 45.3 Å². The second-order valence-electron chi connectivity index (χ2n) is 7.50. The van der Waals surface area contributed by atoms with Crippen molar-refractivity contribution >= 4 is 11.8 Å². The lowest BCUT2D eigenvalue weighted by atomic mass is 10.0. The Morgan fingerprint density at radius 2 is 1.77 bits per heavy atom. The van der Waals surface area contributed by atoms with Crippen LogP contribution in [0.25, 0.3) is 0 Å². The quantitative estimate of drug-likeness (QED) is 0.785. The largest absolute Gasteiger partial charge is 0.380 e. The fraction of sp³-hybridized carbons (Fsp3) is 0.619. The molecule has 1 saturated heterocycles. The maximum absolute atomic E-state index is 12.7. The highest BCUT2D eigenvalue weighted by molar-refractivity contribution is 5.94. The van der Waals surface area contributed by atoms with Crippen molar-refractivity contribution in [3.8, 4) is 0 Å². The molecule has 1 aromatic rings. The van der Waals surface area contributed by atoms with E-state index in [1.54, 1.807) is 7.11 Å². The molecular formula is C21H30N2O3. The van der Waals surface area contributed by atoms with Crippen molar-refractivity contribution in [3.05, 3.63) is 35.4 Å². The Bertz CT molecular complexity index is 617. The molecule has 5 nitrogen and oxygen atoms in total. The van der Waals surface area contributed by atoms with Crippen LogP contribution in [0, 0.1) is 5.92 Å². The molecule has 2 fully saturated rings. The molecule has 0 bridgehead atoms. The van der Waals surface area contributed by atoms with Gasteiger partial charge in [-0.05, 0) is 30.0 Å². The molecule has 2 aliphatic rings. The minimum Gasteiger partial charge on any atom is -0.380 e. The van der Waals surface area contributed by atoms with Crippen LogP contribution in [0.5, 0.6) is 0 Å². The van der Waals surface area contributed by atoms with Crippen LogP contribution in [-0.4, -0.2) is 54.9 Å². The summed E-state index contributed by atoms with van der Waals surface area (Å²) in [6.07, 6.45) is 6.92. The first-order chi connectivity index (χ1) is 12.7. The van der Waals surface area contributed by atoms with E-state index in [1.165, 1.54) is 25.7 Å². The van der Waals surface area contributed by atoms with Gasteiger partial charge in [0.2, 0.25) is 5.91 Å². The lowest BCUT2D eigenvalue weighted by molar-refractivity contribution is -0.133. The van der Waals surface area contributed by atoms with E-state index in [1.807, 2.05) is 34.1 Å². The van der Waals surface area contributed by atoms with Crippen molar-refractivity contribution < 1.29 is 14.3 Å². The highest BCUT2D eigenvalue weighted by Crippen LogP contribution is 2.28. The molecular weight excluding hydrogens is 328 g/mol. The Labute approximate surface area is 156 Å². The van der Waals surface area contributed by atoms with Gasteiger partial charge >= 0.3 is 0 Å². The average molecular weight is 358 g/mol. The number of amides is 2. The number of ether oxygens (including phenoxy) is 1. The molecule has 0 unspecified atom stereocenters. The summed E-state index contributed by atoms with van der Waals surface area (Å²) in [6, 6.07) is 7.59. The highest BCUT2D eigenvalue weighted by atomic mass is 16.5. The molecule has 0 spiro atoms. The first-order valence-corrected chi connectivity index (χ1v) is 9.82. The zero-order valence-corrected chi connectivity index (χ0v) is 15.8. The van der Waals surface area contributed by atoms with E-state index in [4.69, 9.17) is 4.74 Å². The molecule has 26 heavy (non-hydrogen) atoms. The first kappa shape index (κ1) is 18.9. The van der Waals surface area contributed by atoms with Gasteiger partial charge in [0.25, 0.3) is 5.91 Å². The van der Waals surface area contributed by atoms with Crippen LogP contribution >= 0.6 is 0 Å². The van der Waals surface area contributed by atoms with E-state index in [9.17, 15) is 9.59 Å². The van der Waals surface area contributed by atoms with Gasteiger partial charge in [-0.3, -0.25) is 9.59 Å². The van der Waals surface area contributed by atoms with Gasteiger partial charge in [-0.2, -0.15) is 0 Å². The summed E-state index contributed by atoms with van der Waals surface area (Å²) < 4.78 is 5.14. The third-order valence-corrected chi connectivity index (χ3v) is 5.65. The summed E-state index contributed by atoms with van der Waals surface area (Å²) in [5, 5.41) is 0. The summed E-state index contributed by atoms with van der Waals surface area (Å²) in [4.78, 5) is 28.9. The van der Waals surface area contributed by atoms with Crippen molar-refractivity contribution in [2.24, 2.45) is 5.92 Å². The molecule has 2 amide bonds. The molecule has 0 atom stereocenters. The Hall–Kier alpha value is -1.88. The molecule has 3 rings (SSSR count). The van der Waals surface area contributed by atoms with Crippen molar-refractivity contribution in [2.45, 2.75) is 45.1 Å². The van der Waals surface area contributed by atoms with Crippen LogP contribution in [0.15, 0.2) is 24.3 Å². The molecule has 1 aromatic carbocycles. The number of nitrogens with zero attached hydrogens (tertiary/aromatic N) is 2. The minimum atomic E-state index is 0.0426. The zero-order chi connectivity index (χ0) is 18.4. The number of hydrogen-bond acceptors (Lipinski definition) is 3. The monoisotopic (exact) mass is 358 g/mol. The number of piperazine rings is 1. The maximum Gasteiger partial charge on any atom is 0.253 e. The van der Waals surface area contributed by atoms with Crippen LogP contribution in [0.4, 0.5) is 0 Å². The summed E-state index contributed by atoms with van der Waals surface area (Å²) in [7, 11) is 1.65. The first-order valence-electron chi connectivity index (χ1n) is 9.82. The van der Waals surface area contributed by atoms with Crippen LogP contribution < -0.4 is 0 Å². The van der Waals surface area contributed by atoms with Gasteiger partial charge in [-0.15, -0.1) is 0 Å². The normalized spacial score (nSPS) is 18.3. The van der Waals surface area contributed by atoms with Crippen molar-refractivity contribution in [1.29, 1.82) is 0 Å². The Balaban J connectivity index is 1.47. The third kappa shape index (κ3) is 4.85. The van der Waals surface area contributed by atoms with E-state index in [0.29, 0.717) is 44.8 Å². The van der Waals surface area contributed by atoms with Crippen molar-refractivity contribution in [3.63, 3.8) is 0 Å². The number of carbonyl (C=O) groups is 2. The lowest BCUT2D eigenvalue weighted by Gasteiger charge is -2.35. The second-order valence-corrected chi connectivity index (χ2v) is 7.50. The Morgan fingerprint density at radius 1 is 1.08 bits per heavy atom. The maximum atomic E-state index is 12.7. The molecule has 5 heteroatoms. The second kappa shape index (κ2) is 9.17. The van der Waals surface area contributed by atoms with Crippen LogP contribution in [0.2, 0.25) is 0 Å². The molecule has 1 aliphatic heterocycles. The predicted octanol–water partition coefficient (Wildman–Crippen LogP) is 3.09. The average Bonchev–Trinajstić information content (AvgIpc) is 3.20. The van der Waals surface area contributed by atoms with E-state index < -0.39 is 0 Å². The number of carbonyl (C=O) groups excluding carboxylic acids is 2. The predicted molar refractivity (Wildman–Crippen MR) is 101 cm³/mol. The number of methoxy groups -OCH3 is 1. The van der Waals surface area contributed by atoms with Crippen molar-refractivity contribution in [1.82, 2.24) is 9.80 Å². The van der Waals surface area contributed by atoms with Gasteiger partial charge in [0.15, 0.2) is 0 Å². The van der Waals surface area contributed by atoms with E-state index in [0.717, 1.165) is 17.9 Å². The van der Waals surface area contributed by atoms with Crippen LogP contribution in [-0.2, 0) is 16.1 Å². The van der Waals surface area contributed by atoms with E-state index in [2.05, 4.69) is 0 Å². The summed E-state index contributed by atoms with van der Waals surface area (Å²) in [5.74, 6) is 1.05. The smallest absolute Gasteiger partial charge is 0.253 e. The molecule has 1 heterocycles. The molecule has 1 saturated carbocycles. The number of hydrogen-bond donors (Lipinski definition) is 0. The summed E-state index contributed by atoms with van der Waals surface area (Å²) in [5.41, 5.74) is 1.69. The Morgan fingerprint density at radius 3 is 2.46 bits per heavy atom. The topological polar surface area (TPSA) is 49.9 Å². The van der Waals surface area contributed by atoms with E-state index >= 15 is 0 Å². The van der Waals surface area contributed by atoms with Gasteiger partial charge in [-0.1, -0.05) is 37.8 Å². The van der Waals surface area contributed by atoms with Gasteiger partial charge in [-0.25, -0.2) is 0 Å². The van der Waals surface area contributed by atoms with Gasteiger partial charge < -0.3 is 14.5 Å². The lowest BCUT2D eigenvalue weighted by Crippen LogP contribution is -2.50. The molecule has 142 valence electrons. The molecule has 0 N–H and O–H groups in total. The van der Waals surface area contributed by atoms with Gasteiger partial charge in [0.1, 0.15) is 0 Å². The van der Waals surface area contributed by atoms with Crippen LogP contribution in [0.1, 0.15) is 54.4 Å². The SMILES string of the molecule is COCc1cccc(C(=O)N2CCN(C(=O)CCC3CCCC3)CC2)c1. The molecule has 0 radical (unpaired) electrons. The third-order valence-electron chi connectivity index (χ3n) is 5.65. The highest BCUT2D eigenvalue weighted by Gasteiger charge is 2.25. The summed E-state index contributed by atoms with van der Waals surface area (Å²) in [6.45, 7) is 3.02.